The van der Waals surface area contributed by atoms with E-state index in [1.54, 1.807) is 19.1 Å². The number of hydrogen-bond acceptors (Lipinski definition) is 3. The quantitative estimate of drug-likeness (QED) is 0.833. The molecule has 0 spiro atoms. The highest BCUT2D eigenvalue weighted by Gasteiger charge is 2.30. The molecule has 2 aromatic rings. The Balaban J connectivity index is 1.76. The number of benzene rings is 2. The van der Waals surface area contributed by atoms with Crippen LogP contribution in [0.1, 0.15) is 23.6 Å². The first-order valence-corrected chi connectivity index (χ1v) is 9.84. The van der Waals surface area contributed by atoms with Crippen LogP contribution in [0.5, 0.6) is 11.5 Å². The Morgan fingerprint density at radius 3 is 2.37 bits per heavy atom. The summed E-state index contributed by atoms with van der Waals surface area (Å²) in [7, 11) is -3.53. The van der Waals surface area contributed by atoms with Gasteiger partial charge in [-0.1, -0.05) is 13.0 Å². The largest absolute Gasteiger partial charge is 0.457 e. The molecular weight excluding hydrogens is 381 g/mol. The lowest BCUT2D eigenvalue weighted by atomic mass is 10.0. The van der Waals surface area contributed by atoms with Gasteiger partial charge in [-0.3, -0.25) is 0 Å². The summed E-state index contributed by atoms with van der Waals surface area (Å²) in [4.78, 5) is 0. The van der Waals surface area contributed by atoms with Crippen LogP contribution in [0.15, 0.2) is 42.5 Å². The molecule has 0 bridgehead atoms. The Kier molecular flexibility index (Phi) is 5.45. The number of nitrogens with one attached hydrogen (secondary N) is 1. The number of alkyl halides is 3. The molecule has 1 aliphatic rings. The average molecular weight is 400 g/mol. The smallest absolute Gasteiger partial charge is 0.416 e. The van der Waals surface area contributed by atoms with E-state index in [2.05, 4.69) is 4.72 Å². The molecule has 0 unspecified atom stereocenters. The van der Waals surface area contributed by atoms with E-state index in [1.165, 1.54) is 16.4 Å². The Morgan fingerprint density at radius 2 is 1.74 bits per heavy atom. The van der Waals surface area contributed by atoms with E-state index >= 15 is 0 Å². The molecule has 1 aliphatic heterocycles. The van der Waals surface area contributed by atoms with Crippen molar-refractivity contribution in [2.75, 3.05) is 13.1 Å². The summed E-state index contributed by atoms with van der Waals surface area (Å²) in [6.45, 7) is 2.63. The van der Waals surface area contributed by atoms with Crippen LogP contribution in [0.2, 0.25) is 0 Å². The number of rotatable bonds is 5. The molecule has 1 N–H and O–H groups in total. The molecule has 0 saturated carbocycles. The molecule has 5 nitrogen and oxygen atoms in total. The van der Waals surface area contributed by atoms with Crippen molar-refractivity contribution in [3.8, 4) is 11.5 Å². The van der Waals surface area contributed by atoms with Gasteiger partial charge >= 0.3 is 6.18 Å². The number of halogens is 3. The molecule has 0 fully saturated rings. The molecule has 0 radical (unpaired) electrons. The minimum Gasteiger partial charge on any atom is -0.457 e. The number of hydrogen-bond donors (Lipinski definition) is 1. The van der Waals surface area contributed by atoms with Gasteiger partial charge in [0.25, 0.3) is 10.2 Å². The predicted octanol–water partition coefficient (Wildman–Crippen LogP) is 3.71. The lowest BCUT2D eigenvalue weighted by molar-refractivity contribution is -0.137. The SMILES string of the molecule is CCNS(=O)(=O)N1CCc2ccc(Oc3ccc(C(F)(F)F)cc3)cc2C1. The van der Waals surface area contributed by atoms with Crippen LogP contribution >= 0.6 is 0 Å². The zero-order valence-corrected chi connectivity index (χ0v) is 15.4. The van der Waals surface area contributed by atoms with Gasteiger partial charge in [0.1, 0.15) is 11.5 Å². The average Bonchev–Trinajstić information content (AvgIpc) is 2.61. The van der Waals surface area contributed by atoms with Crippen LogP contribution in [0.3, 0.4) is 0 Å². The standard InChI is InChI=1S/C18H19F3N2O3S/c1-2-22-27(24,25)23-10-9-13-3-6-17(11-14(13)12-23)26-16-7-4-15(5-8-16)18(19,20)21/h3-8,11,22H,2,9-10,12H2,1H3. The monoisotopic (exact) mass is 400 g/mol. The lowest BCUT2D eigenvalue weighted by Gasteiger charge is -2.28. The maximum absolute atomic E-state index is 12.6. The van der Waals surface area contributed by atoms with Crippen LogP contribution in [0.4, 0.5) is 13.2 Å². The molecule has 0 aromatic heterocycles. The Bertz CT molecular complexity index is 912. The second-order valence-corrected chi connectivity index (χ2v) is 7.90. The summed E-state index contributed by atoms with van der Waals surface area (Å²) in [5.41, 5.74) is 1.09. The van der Waals surface area contributed by atoms with Gasteiger partial charge in [0.05, 0.1) is 5.56 Å². The summed E-state index contributed by atoms with van der Waals surface area (Å²) < 4.78 is 71.7. The third kappa shape index (κ3) is 4.60. The van der Waals surface area contributed by atoms with Gasteiger partial charge in [0.2, 0.25) is 0 Å². The van der Waals surface area contributed by atoms with Gasteiger partial charge in [-0.05, 0) is 53.9 Å². The van der Waals surface area contributed by atoms with Crippen molar-refractivity contribution in [1.29, 1.82) is 0 Å². The Morgan fingerprint density at radius 1 is 1.07 bits per heavy atom. The van der Waals surface area contributed by atoms with Crippen molar-refractivity contribution in [3.05, 3.63) is 59.2 Å². The molecule has 9 heteroatoms. The minimum absolute atomic E-state index is 0.217. The fourth-order valence-corrected chi connectivity index (χ4v) is 4.09. The Labute approximate surface area is 155 Å². The Hall–Kier alpha value is -2.10. The van der Waals surface area contributed by atoms with E-state index in [9.17, 15) is 21.6 Å². The van der Waals surface area contributed by atoms with Crippen molar-refractivity contribution in [2.45, 2.75) is 26.1 Å². The first-order chi connectivity index (χ1) is 12.7. The van der Waals surface area contributed by atoms with Crippen LogP contribution in [0, 0.1) is 0 Å². The highest BCUT2D eigenvalue weighted by atomic mass is 32.2. The van der Waals surface area contributed by atoms with Gasteiger partial charge in [-0.2, -0.15) is 25.9 Å². The highest BCUT2D eigenvalue weighted by Crippen LogP contribution is 2.32. The number of nitrogens with zero attached hydrogens (tertiary/aromatic N) is 1. The van der Waals surface area contributed by atoms with E-state index < -0.39 is 21.9 Å². The van der Waals surface area contributed by atoms with Gasteiger partial charge in [0.15, 0.2) is 0 Å². The predicted molar refractivity (Wildman–Crippen MR) is 94.7 cm³/mol. The van der Waals surface area contributed by atoms with Crippen molar-refractivity contribution in [2.24, 2.45) is 0 Å². The lowest BCUT2D eigenvalue weighted by Crippen LogP contribution is -2.43. The van der Waals surface area contributed by atoms with Crippen molar-refractivity contribution < 1.29 is 26.3 Å². The molecule has 0 saturated heterocycles. The van der Waals surface area contributed by atoms with E-state index in [1.807, 2.05) is 6.07 Å². The molecule has 2 aromatic carbocycles. The van der Waals surface area contributed by atoms with Crippen LogP contribution in [0.25, 0.3) is 0 Å². The summed E-state index contributed by atoms with van der Waals surface area (Å²) in [5, 5.41) is 0. The molecule has 3 rings (SSSR count). The fourth-order valence-electron chi connectivity index (χ4n) is 2.90. The van der Waals surface area contributed by atoms with E-state index in [0.717, 1.165) is 23.3 Å². The second-order valence-electron chi connectivity index (χ2n) is 6.14. The van der Waals surface area contributed by atoms with E-state index in [0.29, 0.717) is 25.3 Å². The molecule has 0 amide bonds. The third-order valence-electron chi connectivity index (χ3n) is 4.24. The van der Waals surface area contributed by atoms with Crippen LogP contribution in [-0.2, 0) is 29.4 Å². The van der Waals surface area contributed by atoms with Gasteiger partial charge < -0.3 is 4.74 Å². The number of ether oxygens (including phenoxy) is 1. The van der Waals surface area contributed by atoms with E-state index in [4.69, 9.17) is 4.74 Å². The van der Waals surface area contributed by atoms with Crippen LogP contribution < -0.4 is 9.46 Å². The molecule has 146 valence electrons. The first-order valence-electron chi connectivity index (χ1n) is 8.40. The molecule has 1 heterocycles. The first kappa shape index (κ1) is 19.7. The van der Waals surface area contributed by atoms with Crippen molar-refractivity contribution >= 4 is 10.2 Å². The summed E-state index contributed by atoms with van der Waals surface area (Å²) in [5.74, 6) is 0.715. The topological polar surface area (TPSA) is 58.6 Å². The summed E-state index contributed by atoms with van der Waals surface area (Å²) >= 11 is 0. The maximum Gasteiger partial charge on any atom is 0.416 e. The van der Waals surface area contributed by atoms with Crippen molar-refractivity contribution in [1.82, 2.24) is 9.03 Å². The zero-order chi connectivity index (χ0) is 19.7. The van der Waals surface area contributed by atoms with Crippen molar-refractivity contribution in [3.63, 3.8) is 0 Å². The molecule has 0 atom stereocenters. The minimum atomic E-state index is -4.40. The zero-order valence-electron chi connectivity index (χ0n) is 14.6. The highest BCUT2D eigenvalue weighted by molar-refractivity contribution is 7.87. The van der Waals surface area contributed by atoms with Crippen LogP contribution in [-0.4, -0.2) is 25.8 Å². The van der Waals surface area contributed by atoms with Gasteiger partial charge in [-0.15, -0.1) is 0 Å². The second kappa shape index (κ2) is 7.49. The van der Waals surface area contributed by atoms with Gasteiger partial charge in [0, 0.05) is 19.6 Å². The summed E-state index contributed by atoms with van der Waals surface area (Å²) in [6, 6.07) is 9.73. The fraction of sp³-hybridized carbons (Fsp3) is 0.333. The third-order valence-corrected chi connectivity index (χ3v) is 5.88. The molecule has 0 aliphatic carbocycles. The van der Waals surface area contributed by atoms with Gasteiger partial charge in [-0.25, -0.2) is 4.72 Å². The molecular formula is C18H19F3N2O3S. The normalized spacial score (nSPS) is 15.4. The number of fused-ring (bicyclic) bond motifs is 1. The molecule has 27 heavy (non-hydrogen) atoms. The maximum atomic E-state index is 12.6. The summed E-state index contributed by atoms with van der Waals surface area (Å²) in [6.07, 6.45) is -3.81. The van der Waals surface area contributed by atoms with E-state index in [-0.39, 0.29) is 12.3 Å².